The van der Waals surface area contributed by atoms with Crippen LogP contribution in [0.5, 0.6) is 0 Å². The molecule has 0 bridgehead atoms. The third-order valence-electron chi connectivity index (χ3n) is 6.20. The molecule has 3 rings (SSSR count). The Labute approximate surface area is 248 Å². The van der Waals surface area contributed by atoms with E-state index in [1.165, 1.54) is 41.3 Å². The van der Waals surface area contributed by atoms with E-state index in [9.17, 15) is 28.6 Å². The second kappa shape index (κ2) is 14.7. The number of carbonyl (C=O) groups is 2. The van der Waals surface area contributed by atoms with Crippen LogP contribution >= 0.6 is 0 Å². The Balaban J connectivity index is 0.00000533. The molecule has 11 heteroatoms. The summed E-state index contributed by atoms with van der Waals surface area (Å²) >= 11 is 0. The molecule has 1 amide bonds. The monoisotopic (exact) mass is 553 g/mol. The van der Waals surface area contributed by atoms with Crippen molar-refractivity contribution in [3.8, 4) is 5.69 Å². The van der Waals surface area contributed by atoms with Crippen molar-refractivity contribution in [2.75, 3.05) is 7.05 Å². The van der Waals surface area contributed by atoms with Gasteiger partial charge in [0.05, 0.1) is 24.3 Å². The van der Waals surface area contributed by atoms with Crippen molar-refractivity contribution in [1.29, 1.82) is 0 Å². The molecule has 3 N–H and O–H groups in total. The zero-order valence-corrected chi connectivity index (χ0v) is 21.6. The molecule has 0 saturated carbocycles. The van der Waals surface area contributed by atoms with Crippen LogP contribution in [0.4, 0.5) is 8.78 Å². The van der Waals surface area contributed by atoms with Gasteiger partial charge in [-0.25, -0.2) is 13.5 Å². The quantitative estimate of drug-likeness (QED) is 0.296. The van der Waals surface area contributed by atoms with Gasteiger partial charge in [-0.1, -0.05) is 26.0 Å². The fourth-order valence-corrected chi connectivity index (χ4v) is 4.45. The number of amides is 1. The number of rotatable bonds is 12. The number of carboxylic acid groups (broad SMARTS) is 1. The van der Waals surface area contributed by atoms with Gasteiger partial charge in [0.2, 0.25) is 0 Å². The van der Waals surface area contributed by atoms with Gasteiger partial charge in [-0.3, -0.25) is 9.59 Å². The van der Waals surface area contributed by atoms with Gasteiger partial charge >= 0.3 is 35.5 Å². The Hall–Kier alpha value is -2.63. The SMILES string of the molecule is CC(C)c1c(C(=O)N(C)Cc2cccc(F)c2)nn(-c2ccc(F)cc2)c1CCC(O)CC(O)CC(=O)O.[NaH]. The van der Waals surface area contributed by atoms with E-state index in [4.69, 9.17) is 5.11 Å². The number of aliphatic hydroxyl groups excluding tert-OH is 2. The number of carbonyl (C=O) groups excluding carboxylic acids is 1. The summed E-state index contributed by atoms with van der Waals surface area (Å²) in [5, 5.41) is 33.8. The molecule has 0 radical (unpaired) electrons. The molecule has 2 aromatic carbocycles. The van der Waals surface area contributed by atoms with Crippen molar-refractivity contribution in [1.82, 2.24) is 14.7 Å². The Morgan fingerprint density at radius 3 is 2.28 bits per heavy atom. The molecular formula is C28H34F2N3NaO5. The van der Waals surface area contributed by atoms with Crippen molar-refractivity contribution in [3.63, 3.8) is 0 Å². The molecule has 1 heterocycles. The predicted molar refractivity (Wildman–Crippen MR) is 144 cm³/mol. The number of aromatic nitrogens is 2. The number of carboxylic acids is 1. The summed E-state index contributed by atoms with van der Waals surface area (Å²) in [4.78, 5) is 25.8. The number of benzene rings is 2. The van der Waals surface area contributed by atoms with Gasteiger partial charge in [0.15, 0.2) is 5.69 Å². The minimum absolute atomic E-state index is 0. The summed E-state index contributed by atoms with van der Waals surface area (Å²) in [6, 6.07) is 11.6. The van der Waals surface area contributed by atoms with E-state index in [1.54, 1.807) is 23.9 Å². The second-order valence-electron chi connectivity index (χ2n) is 9.72. The summed E-state index contributed by atoms with van der Waals surface area (Å²) in [5.74, 6) is -2.51. The van der Waals surface area contributed by atoms with E-state index in [2.05, 4.69) is 5.10 Å². The number of hydrogen-bond donors (Lipinski definition) is 3. The summed E-state index contributed by atoms with van der Waals surface area (Å²) in [6.45, 7) is 3.98. The van der Waals surface area contributed by atoms with Gasteiger partial charge in [0.1, 0.15) is 11.6 Å². The fraction of sp³-hybridized carbons (Fsp3) is 0.393. The molecule has 0 fully saturated rings. The van der Waals surface area contributed by atoms with Gasteiger partial charge in [-0.2, -0.15) is 5.10 Å². The standard InChI is InChI=1S/C28H33F2N3O5.Na.H/c1-17(2)26-24(12-11-22(34)14-23(35)15-25(36)37)33(21-9-7-19(29)8-10-21)31-27(26)28(38)32(3)16-18-5-4-6-20(30)13-18;;/h4-10,13,17,22-23,34-35H,11-12,14-16H2,1-3H3,(H,36,37);;. The molecule has 0 aliphatic rings. The number of aliphatic hydroxyl groups is 2. The Morgan fingerprint density at radius 1 is 1.03 bits per heavy atom. The average Bonchev–Trinajstić information content (AvgIpc) is 3.22. The van der Waals surface area contributed by atoms with Crippen LogP contribution in [-0.4, -0.2) is 90.7 Å². The maximum absolute atomic E-state index is 13.7. The molecule has 0 aliphatic carbocycles. The van der Waals surface area contributed by atoms with Crippen molar-refractivity contribution in [2.24, 2.45) is 0 Å². The van der Waals surface area contributed by atoms with Crippen molar-refractivity contribution in [2.45, 2.75) is 64.2 Å². The zero-order valence-electron chi connectivity index (χ0n) is 21.6. The summed E-state index contributed by atoms with van der Waals surface area (Å²) in [7, 11) is 1.60. The first-order valence-corrected chi connectivity index (χ1v) is 12.4. The molecule has 2 atom stereocenters. The van der Waals surface area contributed by atoms with Crippen LogP contribution in [0.15, 0.2) is 48.5 Å². The Morgan fingerprint density at radius 2 is 1.69 bits per heavy atom. The van der Waals surface area contributed by atoms with Crippen LogP contribution in [0.25, 0.3) is 5.69 Å². The number of nitrogens with zero attached hydrogens (tertiary/aromatic N) is 3. The topological polar surface area (TPSA) is 116 Å². The van der Waals surface area contributed by atoms with E-state index >= 15 is 0 Å². The van der Waals surface area contributed by atoms with Gasteiger partial charge < -0.3 is 20.2 Å². The van der Waals surface area contributed by atoms with Crippen molar-refractivity contribution in [3.05, 3.63) is 82.7 Å². The molecule has 39 heavy (non-hydrogen) atoms. The van der Waals surface area contributed by atoms with Crippen LogP contribution in [0, 0.1) is 11.6 Å². The van der Waals surface area contributed by atoms with Gasteiger partial charge in [0, 0.05) is 24.8 Å². The second-order valence-corrected chi connectivity index (χ2v) is 9.72. The molecule has 0 saturated heterocycles. The molecular weight excluding hydrogens is 519 g/mol. The summed E-state index contributed by atoms with van der Waals surface area (Å²) in [5.41, 5.74) is 2.63. The van der Waals surface area contributed by atoms with E-state index < -0.39 is 36.2 Å². The summed E-state index contributed by atoms with van der Waals surface area (Å²) in [6.07, 6.45) is -2.33. The summed E-state index contributed by atoms with van der Waals surface area (Å²) < 4.78 is 28.9. The number of halogens is 2. The van der Waals surface area contributed by atoms with Gasteiger partial charge in [-0.15, -0.1) is 0 Å². The molecule has 206 valence electrons. The van der Waals surface area contributed by atoms with Crippen LogP contribution in [0.3, 0.4) is 0 Å². The fourth-order valence-electron chi connectivity index (χ4n) is 4.45. The molecule has 0 spiro atoms. The first-order valence-electron chi connectivity index (χ1n) is 12.4. The number of aliphatic carboxylic acids is 1. The van der Waals surface area contributed by atoms with Crippen LogP contribution in [-0.2, 0) is 17.8 Å². The van der Waals surface area contributed by atoms with E-state index in [0.717, 1.165) is 0 Å². The van der Waals surface area contributed by atoms with E-state index in [0.29, 0.717) is 22.5 Å². The third kappa shape index (κ3) is 8.94. The van der Waals surface area contributed by atoms with Crippen LogP contribution in [0.1, 0.15) is 66.3 Å². The van der Waals surface area contributed by atoms with Gasteiger partial charge in [-0.05, 0) is 67.1 Å². The Bertz CT molecular complexity index is 1270. The zero-order chi connectivity index (χ0) is 28.0. The molecule has 0 aliphatic heterocycles. The van der Waals surface area contributed by atoms with E-state index in [-0.39, 0.29) is 72.9 Å². The molecule has 3 aromatic rings. The van der Waals surface area contributed by atoms with Crippen LogP contribution < -0.4 is 0 Å². The normalized spacial score (nSPS) is 12.6. The average molecular weight is 554 g/mol. The maximum atomic E-state index is 13.7. The van der Waals surface area contributed by atoms with Gasteiger partial charge in [0.25, 0.3) is 5.91 Å². The minimum atomic E-state index is -1.19. The molecule has 8 nitrogen and oxygen atoms in total. The van der Waals surface area contributed by atoms with Crippen molar-refractivity contribution < 1.29 is 33.7 Å². The molecule has 1 aromatic heterocycles. The number of hydrogen-bond acceptors (Lipinski definition) is 5. The van der Waals surface area contributed by atoms with E-state index in [1.807, 2.05) is 13.8 Å². The van der Waals surface area contributed by atoms with Crippen LogP contribution in [0.2, 0.25) is 0 Å². The van der Waals surface area contributed by atoms with Crippen molar-refractivity contribution >= 4 is 41.4 Å². The Kier molecular flexibility index (Phi) is 12.3. The predicted octanol–water partition coefficient (Wildman–Crippen LogP) is 3.42. The third-order valence-corrected chi connectivity index (χ3v) is 6.20. The first kappa shape index (κ1) is 32.6. The first-order chi connectivity index (χ1) is 18.0. The molecule has 2 unspecified atom stereocenters.